The zero-order valence-corrected chi connectivity index (χ0v) is 13.4. The molecule has 0 atom stereocenters. The monoisotopic (exact) mass is 275 g/mol. The van der Waals surface area contributed by atoms with Crippen LogP contribution in [0.3, 0.4) is 0 Å². The Labute approximate surface area is 123 Å². The van der Waals surface area contributed by atoms with Gasteiger partial charge in [-0.1, -0.05) is 27.7 Å². The summed E-state index contributed by atoms with van der Waals surface area (Å²) in [5.41, 5.74) is 1.70. The van der Waals surface area contributed by atoms with Gasteiger partial charge in [0, 0.05) is 30.4 Å². The van der Waals surface area contributed by atoms with Gasteiger partial charge in [0.1, 0.15) is 5.82 Å². The average molecular weight is 275 g/mol. The fourth-order valence-corrected chi connectivity index (χ4v) is 2.83. The summed E-state index contributed by atoms with van der Waals surface area (Å²) in [6, 6.07) is 0. The largest absolute Gasteiger partial charge is 0.312 e. The number of nitrogens with zero attached hydrogens (tertiary/aromatic N) is 2. The third-order valence-corrected chi connectivity index (χ3v) is 4.31. The molecule has 0 unspecified atom stereocenters. The lowest BCUT2D eigenvalue weighted by Gasteiger charge is -2.33. The fraction of sp³-hybridized carbons (Fsp3) is 0.765. The van der Waals surface area contributed by atoms with E-state index in [1.165, 1.54) is 31.2 Å². The van der Waals surface area contributed by atoms with Gasteiger partial charge in [0.15, 0.2) is 0 Å². The Morgan fingerprint density at radius 2 is 1.80 bits per heavy atom. The maximum absolute atomic E-state index is 4.60. The summed E-state index contributed by atoms with van der Waals surface area (Å²) in [6.45, 7) is 11.1. The second-order valence-electron chi connectivity index (χ2n) is 7.41. The molecule has 2 rings (SSSR count). The van der Waals surface area contributed by atoms with E-state index >= 15 is 0 Å². The van der Waals surface area contributed by atoms with Gasteiger partial charge < -0.3 is 5.32 Å². The molecule has 3 heteroatoms. The minimum Gasteiger partial charge on any atom is -0.312 e. The zero-order chi connectivity index (χ0) is 14.6. The van der Waals surface area contributed by atoms with Crippen molar-refractivity contribution < 1.29 is 0 Å². The zero-order valence-electron chi connectivity index (χ0n) is 13.4. The molecular formula is C17H29N3. The van der Waals surface area contributed by atoms with E-state index in [1.54, 1.807) is 0 Å². The van der Waals surface area contributed by atoms with Crippen LogP contribution in [0.15, 0.2) is 12.4 Å². The van der Waals surface area contributed by atoms with E-state index in [0.29, 0.717) is 17.3 Å². The molecule has 1 N–H and O–H groups in total. The Morgan fingerprint density at radius 1 is 1.20 bits per heavy atom. The van der Waals surface area contributed by atoms with E-state index in [2.05, 4.69) is 43.0 Å². The molecule has 0 radical (unpaired) electrons. The van der Waals surface area contributed by atoms with Crippen LogP contribution in [-0.2, 0) is 6.54 Å². The number of rotatable bonds is 5. The molecule has 0 aliphatic heterocycles. The molecule has 0 spiro atoms. The Morgan fingerprint density at radius 3 is 2.35 bits per heavy atom. The molecule has 0 aromatic carbocycles. The van der Waals surface area contributed by atoms with Crippen LogP contribution in [0, 0.1) is 11.3 Å². The molecule has 112 valence electrons. The summed E-state index contributed by atoms with van der Waals surface area (Å²) in [6.07, 6.45) is 9.04. The number of aromatic nitrogens is 2. The molecule has 0 bridgehead atoms. The van der Waals surface area contributed by atoms with Crippen LogP contribution in [0.4, 0.5) is 0 Å². The van der Waals surface area contributed by atoms with Crippen LogP contribution in [0.2, 0.25) is 0 Å². The molecule has 1 aliphatic carbocycles. The second kappa shape index (κ2) is 6.66. The van der Waals surface area contributed by atoms with Crippen molar-refractivity contribution in [3.05, 3.63) is 23.8 Å². The molecule has 0 amide bonds. The van der Waals surface area contributed by atoms with Crippen molar-refractivity contribution in [1.29, 1.82) is 0 Å². The highest BCUT2D eigenvalue weighted by atomic mass is 14.9. The highest BCUT2D eigenvalue weighted by molar-refractivity contribution is 5.08. The van der Waals surface area contributed by atoms with E-state index in [0.717, 1.165) is 18.9 Å². The van der Waals surface area contributed by atoms with Crippen LogP contribution in [0.25, 0.3) is 0 Å². The van der Waals surface area contributed by atoms with Gasteiger partial charge in [0.2, 0.25) is 0 Å². The van der Waals surface area contributed by atoms with E-state index in [-0.39, 0.29) is 0 Å². The summed E-state index contributed by atoms with van der Waals surface area (Å²) in [7, 11) is 0. The molecule has 1 aromatic heterocycles. The summed E-state index contributed by atoms with van der Waals surface area (Å²) in [4.78, 5) is 9.19. The quantitative estimate of drug-likeness (QED) is 0.885. The molecule has 3 nitrogen and oxygen atoms in total. The third kappa shape index (κ3) is 4.55. The maximum Gasteiger partial charge on any atom is 0.131 e. The molecule has 1 heterocycles. The number of hydrogen-bond acceptors (Lipinski definition) is 3. The number of nitrogens with one attached hydrogen (secondary N) is 1. The lowest BCUT2D eigenvalue weighted by molar-refractivity contribution is 0.220. The van der Waals surface area contributed by atoms with Crippen molar-refractivity contribution in [1.82, 2.24) is 15.3 Å². The second-order valence-corrected chi connectivity index (χ2v) is 7.41. The van der Waals surface area contributed by atoms with E-state index in [1.807, 2.05) is 12.4 Å². The molecule has 0 saturated heterocycles. The Bertz CT molecular complexity index is 399. The summed E-state index contributed by atoms with van der Waals surface area (Å²) in [5, 5.41) is 3.43. The van der Waals surface area contributed by atoms with Crippen molar-refractivity contribution in [2.24, 2.45) is 11.3 Å². The SMILES string of the molecule is CC(C)CNCc1cnc(C2CCC(C)(C)CC2)nc1. The highest BCUT2D eigenvalue weighted by Gasteiger charge is 2.28. The molecule has 1 saturated carbocycles. The van der Waals surface area contributed by atoms with Gasteiger partial charge in [-0.3, -0.25) is 0 Å². The lowest BCUT2D eigenvalue weighted by Crippen LogP contribution is -2.22. The third-order valence-electron chi connectivity index (χ3n) is 4.31. The van der Waals surface area contributed by atoms with Gasteiger partial charge in [-0.05, 0) is 43.6 Å². The van der Waals surface area contributed by atoms with Gasteiger partial charge in [-0.15, -0.1) is 0 Å². The predicted octanol–water partition coefficient (Wildman–Crippen LogP) is 3.91. The first-order valence-corrected chi connectivity index (χ1v) is 7.98. The fourth-order valence-electron chi connectivity index (χ4n) is 2.83. The first-order valence-electron chi connectivity index (χ1n) is 7.98. The predicted molar refractivity (Wildman–Crippen MR) is 83.6 cm³/mol. The lowest BCUT2D eigenvalue weighted by atomic mass is 9.73. The van der Waals surface area contributed by atoms with Gasteiger partial charge >= 0.3 is 0 Å². The Kier molecular flexibility index (Phi) is 5.14. The highest BCUT2D eigenvalue weighted by Crippen LogP contribution is 2.41. The summed E-state index contributed by atoms with van der Waals surface area (Å²) in [5.74, 6) is 2.30. The smallest absolute Gasteiger partial charge is 0.131 e. The van der Waals surface area contributed by atoms with Crippen LogP contribution in [-0.4, -0.2) is 16.5 Å². The van der Waals surface area contributed by atoms with Crippen LogP contribution in [0.5, 0.6) is 0 Å². The Balaban J connectivity index is 1.85. The summed E-state index contributed by atoms with van der Waals surface area (Å²) < 4.78 is 0. The van der Waals surface area contributed by atoms with Crippen molar-refractivity contribution in [2.45, 2.75) is 65.8 Å². The minimum atomic E-state index is 0.511. The van der Waals surface area contributed by atoms with Crippen molar-refractivity contribution in [3.8, 4) is 0 Å². The number of hydrogen-bond donors (Lipinski definition) is 1. The van der Waals surface area contributed by atoms with Crippen LogP contribution >= 0.6 is 0 Å². The molecular weight excluding hydrogens is 246 g/mol. The maximum atomic E-state index is 4.60. The minimum absolute atomic E-state index is 0.511. The van der Waals surface area contributed by atoms with Gasteiger partial charge in [0.25, 0.3) is 0 Å². The standard InChI is InChI=1S/C17H29N3/c1-13(2)9-18-10-14-11-19-16(20-12-14)15-5-7-17(3,4)8-6-15/h11-13,15,18H,5-10H2,1-4H3. The molecule has 20 heavy (non-hydrogen) atoms. The summed E-state index contributed by atoms with van der Waals surface area (Å²) >= 11 is 0. The molecule has 1 fully saturated rings. The van der Waals surface area contributed by atoms with Crippen LogP contribution in [0.1, 0.15) is 70.7 Å². The van der Waals surface area contributed by atoms with Gasteiger partial charge in [0.05, 0.1) is 0 Å². The van der Waals surface area contributed by atoms with E-state index < -0.39 is 0 Å². The van der Waals surface area contributed by atoms with E-state index in [9.17, 15) is 0 Å². The van der Waals surface area contributed by atoms with Crippen molar-refractivity contribution in [3.63, 3.8) is 0 Å². The topological polar surface area (TPSA) is 37.8 Å². The average Bonchev–Trinajstić information content (AvgIpc) is 2.39. The first-order chi connectivity index (χ1) is 9.46. The molecule has 1 aromatic rings. The molecule has 1 aliphatic rings. The normalized spacial score (nSPS) is 19.4. The van der Waals surface area contributed by atoms with Crippen LogP contribution < -0.4 is 5.32 Å². The van der Waals surface area contributed by atoms with Crippen molar-refractivity contribution >= 4 is 0 Å². The van der Waals surface area contributed by atoms with Gasteiger partial charge in [-0.2, -0.15) is 0 Å². The van der Waals surface area contributed by atoms with E-state index in [4.69, 9.17) is 0 Å². The van der Waals surface area contributed by atoms with Gasteiger partial charge in [-0.25, -0.2) is 9.97 Å². The first kappa shape index (κ1) is 15.4. The van der Waals surface area contributed by atoms with Crippen molar-refractivity contribution in [2.75, 3.05) is 6.54 Å². The Hall–Kier alpha value is -0.960.